The standard InChI is InChI=1S/C35H43N5O9/c1-21(2)31-33(43)37-19-24-25(45-3)10-9-11-26(24)49-28-18-22(12-14-27(28)46-4)32(42)36-16-7-8-17-40(20-29(41)38-31)35(44)23-13-15-30(47-5)39-34(23)48-6/h9-15,18,21,31H,7-8,16-17,19-20H2,1-6H3,(H,36,42)(H,37,43)(H,38,41)/t31-/m1/s1. The smallest absolute Gasteiger partial charge is 0.259 e. The van der Waals surface area contributed by atoms with Gasteiger partial charge in [0, 0.05) is 24.7 Å². The van der Waals surface area contributed by atoms with Crippen LogP contribution in [0.2, 0.25) is 0 Å². The summed E-state index contributed by atoms with van der Waals surface area (Å²) in [6.45, 7) is 3.76. The molecule has 0 radical (unpaired) electrons. The third kappa shape index (κ3) is 9.09. The van der Waals surface area contributed by atoms with E-state index in [1.807, 2.05) is 13.8 Å². The first-order chi connectivity index (χ1) is 23.6. The lowest BCUT2D eigenvalue weighted by Crippen LogP contribution is -2.52. The zero-order valence-electron chi connectivity index (χ0n) is 28.6. The zero-order valence-corrected chi connectivity index (χ0v) is 28.6. The van der Waals surface area contributed by atoms with Crippen LogP contribution in [-0.4, -0.2) is 87.6 Å². The van der Waals surface area contributed by atoms with E-state index in [4.69, 9.17) is 23.7 Å². The maximum absolute atomic E-state index is 13.8. The van der Waals surface area contributed by atoms with Crippen molar-refractivity contribution in [2.75, 3.05) is 48.1 Å². The summed E-state index contributed by atoms with van der Waals surface area (Å²) < 4.78 is 27.8. The van der Waals surface area contributed by atoms with Crippen LogP contribution < -0.4 is 39.6 Å². The molecule has 3 aromatic rings. The molecule has 1 aliphatic heterocycles. The molecule has 14 nitrogen and oxygen atoms in total. The lowest BCUT2D eigenvalue weighted by Gasteiger charge is -2.26. The third-order valence-electron chi connectivity index (χ3n) is 7.89. The Balaban J connectivity index is 1.68. The number of hydrogen-bond acceptors (Lipinski definition) is 10. The average Bonchev–Trinajstić information content (AvgIpc) is 3.11. The van der Waals surface area contributed by atoms with Crippen LogP contribution in [0.1, 0.15) is 53.0 Å². The maximum atomic E-state index is 13.8. The Labute approximate surface area is 285 Å². The molecule has 2 heterocycles. The minimum absolute atomic E-state index is 0.00532. The van der Waals surface area contributed by atoms with E-state index in [0.717, 1.165) is 0 Å². The molecule has 49 heavy (non-hydrogen) atoms. The second-order valence-corrected chi connectivity index (χ2v) is 11.5. The van der Waals surface area contributed by atoms with E-state index in [1.165, 1.54) is 45.5 Å². The normalized spacial score (nSPS) is 16.3. The highest BCUT2D eigenvalue weighted by Crippen LogP contribution is 2.37. The molecule has 2 bridgehead atoms. The molecule has 2 aromatic carbocycles. The second kappa shape index (κ2) is 17.0. The number of nitrogens with zero attached hydrogens (tertiary/aromatic N) is 2. The Bertz CT molecular complexity index is 1660. The van der Waals surface area contributed by atoms with Gasteiger partial charge in [0.2, 0.25) is 23.6 Å². The molecule has 0 saturated carbocycles. The van der Waals surface area contributed by atoms with Crippen molar-refractivity contribution in [3.05, 3.63) is 65.2 Å². The molecular weight excluding hydrogens is 634 g/mol. The number of fused-ring (bicyclic) bond motifs is 3. The van der Waals surface area contributed by atoms with Gasteiger partial charge in [-0.1, -0.05) is 19.9 Å². The molecule has 1 aliphatic rings. The van der Waals surface area contributed by atoms with E-state index < -0.39 is 23.8 Å². The van der Waals surface area contributed by atoms with Crippen LogP contribution >= 0.6 is 0 Å². The molecule has 0 aliphatic carbocycles. The summed E-state index contributed by atoms with van der Waals surface area (Å²) in [5, 5.41) is 8.59. The van der Waals surface area contributed by atoms with Gasteiger partial charge in [-0.25, -0.2) is 0 Å². The molecule has 4 rings (SSSR count). The predicted molar refractivity (Wildman–Crippen MR) is 179 cm³/mol. The first-order valence-corrected chi connectivity index (χ1v) is 15.8. The van der Waals surface area contributed by atoms with Crippen molar-refractivity contribution in [2.24, 2.45) is 5.92 Å². The predicted octanol–water partition coefficient (Wildman–Crippen LogP) is 3.33. The van der Waals surface area contributed by atoms with E-state index >= 15 is 0 Å². The molecule has 1 aromatic heterocycles. The van der Waals surface area contributed by atoms with E-state index in [0.29, 0.717) is 47.8 Å². The first kappa shape index (κ1) is 36.3. The number of benzene rings is 2. The van der Waals surface area contributed by atoms with Crippen LogP contribution in [0.4, 0.5) is 0 Å². The van der Waals surface area contributed by atoms with Crippen molar-refractivity contribution in [1.82, 2.24) is 25.8 Å². The topological polar surface area (TPSA) is 167 Å². The molecule has 0 spiro atoms. The highest BCUT2D eigenvalue weighted by atomic mass is 16.5. The van der Waals surface area contributed by atoms with Crippen LogP contribution in [0.25, 0.3) is 0 Å². The van der Waals surface area contributed by atoms with Crippen molar-refractivity contribution in [3.63, 3.8) is 0 Å². The zero-order chi connectivity index (χ0) is 35.5. The van der Waals surface area contributed by atoms with Gasteiger partial charge in [-0.3, -0.25) is 19.2 Å². The summed E-state index contributed by atoms with van der Waals surface area (Å²) in [5.74, 6) is -0.278. The summed E-state index contributed by atoms with van der Waals surface area (Å²) in [4.78, 5) is 59.5. The number of ether oxygens (including phenoxy) is 5. The minimum atomic E-state index is -0.918. The Morgan fingerprint density at radius 1 is 0.898 bits per heavy atom. The number of nitrogens with one attached hydrogen (secondary N) is 3. The molecule has 3 N–H and O–H groups in total. The number of carbonyl (C=O) groups excluding carboxylic acids is 4. The largest absolute Gasteiger partial charge is 0.496 e. The van der Waals surface area contributed by atoms with Gasteiger partial charge in [0.05, 0.1) is 47.1 Å². The van der Waals surface area contributed by atoms with Crippen LogP contribution in [0.5, 0.6) is 34.8 Å². The Morgan fingerprint density at radius 3 is 2.37 bits per heavy atom. The second-order valence-electron chi connectivity index (χ2n) is 11.5. The number of hydrogen-bond donors (Lipinski definition) is 3. The van der Waals surface area contributed by atoms with Gasteiger partial charge in [0.25, 0.3) is 11.8 Å². The number of rotatable bonds is 6. The van der Waals surface area contributed by atoms with Crippen molar-refractivity contribution in [1.29, 1.82) is 0 Å². The first-order valence-electron chi connectivity index (χ1n) is 15.8. The molecular formula is C35H43N5O9. The Morgan fingerprint density at radius 2 is 1.67 bits per heavy atom. The highest BCUT2D eigenvalue weighted by molar-refractivity contribution is 5.99. The van der Waals surface area contributed by atoms with Crippen LogP contribution in [0.15, 0.2) is 48.5 Å². The van der Waals surface area contributed by atoms with Gasteiger partial charge < -0.3 is 44.5 Å². The Hall–Kier alpha value is -5.53. The molecule has 0 unspecified atom stereocenters. The fourth-order valence-corrected chi connectivity index (χ4v) is 5.25. The van der Waals surface area contributed by atoms with Gasteiger partial charge in [-0.2, -0.15) is 4.98 Å². The summed E-state index contributed by atoms with van der Waals surface area (Å²) in [7, 11) is 5.83. The number of pyridine rings is 1. The summed E-state index contributed by atoms with van der Waals surface area (Å²) >= 11 is 0. The summed E-state index contributed by atoms with van der Waals surface area (Å²) in [6.07, 6.45) is 0.952. The molecule has 262 valence electrons. The van der Waals surface area contributed by atoms with E-state index in [2.05, 4.69) is 20.9 Å². The van der Waals surface area contributed by atoms with Crippen molar-refractivity contribution < 1.29 is 42.9 Å². The lowest BCUT2D eigenvalue weighted by molar-refractivity contribution is -0.130. The summed E-state index contributed by atoms with van der Waals surface area (Å²) in [6, 6.07) is 12.2. The summed E-state index contributed by atoms with van der Waals surface area (Å²) in [5.41, 5.74) is 1.01. The third-order valence-corrected chi connectivity index (χ3v) is 7.89. The fourth-order valence-electron chi connectivity index (χ4n) is 5.25. The quantitative estimate of drug-likeness (QED) is 0.352. The van der Waals surface area contributed by atoms with Crippen molar-refractivity contribution >= 4 is 23.6 Å². The van der Waals surface area contributed by atoms with Crippen LogP contribution in [0.3, 0.4) is 0 Å². The van der Waals surface area contributed by atoms with Gasteiger partial charge in [0.15, 0.2) is 11.5 Å². The van der Waals surface area contributed by atoms with Gasteiger partial charge in [0.1, 0.15) is 23.1 Å². The average molecular weight is 678 g/mol. The van der Waals surface area contributed by atoms with Crippen LogP contribution in [0, 0.1) is 5.92 Å². The van der Waals surface area contributed by atoms with E-state index in [9.17, 15) is 19.2 Å². The Kier molecular flexibility index (Phi) is 12.6. The van der Waals surface area contributed by atoms with Crippen molar-refractivity contribution in [3.8, 4) is 34.8 Å². The fraction of sp³-hybridized carbons (Fsp3) is 0.400. The maximum Gasteiger partial charge on any atom is 0.259 e. The SMILES string of the molecule is COc1ccc(C(=O)N2CCCCNC(=O)c3ccc(OC)c(c3)Oc3cccc(OC)c3CNC(=O)[C@@H](C(C)C)NC(=O)C2)c(OC)n1. The number of aromatic nitrogens is 1. The lowest BCUT2D eigenvalue weighted by atomic mass is 10.0. The highest BCUT2D eigenvalue weighted by Gasteiger charge is 2.28. The number of carbonyl (C=O) groups is 4. The number of methoxy groups -OCH3 is 4. The van der Waals surface area contributed by atoms with Gasteiger partial charge in [-0.05, 0) is 55.2 Å². The van der Waals surface area contributed by atoms with Gasteiger partial charge >= 0.3 is 0 Å². The van der Waals surface area contributed by atoms with Gasteiger partial charge in [-0.15, -0.1) is 0 Å². The molecule has 0 saturated heterocycles. The molecule has 14 heteroatoms. The van der Waals surface area contributed by atoms with E-state index in [1.54, 1.807) is 36.4 Å². The monoisotopic (exact) mass is 677 g/mol. The van der Waals surface area contributed by atoms with Crippen molar-refractivity contribution in [2.45, 2.75) is 39.3 Å². The van der Waals surface area contributed by atoms with E-state index in [-0.39, 0.29) is 54.5 Å². The molecule has 0 fully saturated rings. The number of amides is 4. The van der Waals surface area contributed by atoms with Crippen LogP contribution in [-0.2, 0) is 16.1 Å². The molecule has 1 atom stereocenters. The molecule has 4 amide bonds. The minimum Gasteiger partial charge on any atom is -0.496 e.